The molecule has 0 unspecified atom stereocenters. The molecule has 2 aromatic rings. The molecule has 4 rings (SSSR count). The average Bonchev–Trinajstić information content (AvgIpc) is 3.11. The highest BCUT2D eigenvalue weighted by atomic mass is 32.2. The molecule has 1 spiro atoms. The fraction of sp³-hybridized carbons (Fsp3) is 0.333. The number of nitrogens with zero attached hydrogens (tertiary/aromatic N) is 2. The minimum Gasteiger partial charge on any atom is -0.493 e. The SMILES string of the molecule is CC(=O)N1N=C(c2cc(F)ccc2F)S[C@]12c1ccccc1OC[C@@H]2CCCN. The van der Waals surface area contributed by atoms with E-state index in [1.807, 2.05) is 24.3 Å². The number of para-hydroxylation sites is 1. The van der Waals surface area contributed by atoms with Crippen LogP contribution in [0.1, 0.15) is 30.9 Å². The van der Waals surface area contributed by atoms with Gasteiger partial charge in [-0.1, -0.05) is 30.0 Å². The van der Waals surface area contributed by atoms with Gasteiger partial charge in [-0.3, -0.25) is 4.79 Å². The third kappa shape index (κ3) is 3.30. The summed E-state index contributed by atoms with van der Waals surface area (Å²) in [6, 6.07) is 10.7. The number of benzene rings is 2. The van der Waals surface area contributed by atoms with Crippen molar-refractivity contribution in [3.8, 4) is 5.75 Å². The summed E-state index contributed by atoms with van der Waals surface area (Å²) in [6.07, 6.45) is 1.45. The molecule has 0 bridgehead atoms. The van der Waals surface area contributed by atoms with E-state index in [0.717, 1.165) is 30.2 Å². The molecule has 2 aromatic carbocycles. The smallest absolute Gasteiger partial charge is 0.241 e. The van der Waals surface area contributed by atoms with E-state index in [-0.39, 0.29) is 22.4 Å². The number of carbonyl (C=O) groups is 1. The number of fused-ring (bicyclic) bond motifs is 2. The zero-order valence-electron chi connectivity index (χ0n) is 15.9. The predicted octanol–water partition coefficient (Wildman–Crippen LogP) is 3.82. The average molecular weight is 417 g/mol. The van der Waals surface area contributed by atoms with Gasteiger partial charge in [0.1, 0.15) is 22.4 Å². The van der Waals surface area contributed by atoms with Gasteiger partial charge in [0.25, 0.3) is 0 Å². The van der Waals surface area contributed by atoms with E-state index >= 15 is 0 Å². The van der Waals surface area contributed by atoms with Gasteiger partial charge in [0.05, 0.1) is 6.61 Å². The van der Waals surface area contributed by atoms with E-state index in [1.165, 1.54) is 23.7 Å². The first-order valence-electron chi connectivity index (χ1n) is 9.43. The van der Waals surface area contributed by atoms with Gasteiger partial charge in [0.2, 0.25) is 5.91 Å². The van der Waals surface area contributed by atoms with E-state index in [2.05, 4.69) is 5.10 Å². The number of thioether (sulfide) groups is 1. The van der Waals surface area contributed by atoms with E-state index in [9.17, 15) is 13.6 Å². The Labute approximate surface area is 171 Å². The zero-order valence-corrected chi connectivity index (χ0v) is 16.7. The number of hydrazone groups is 1. The number of carbonyl (C=O) groups excluding carboxylic acids is 1. The van der Waals surface area contributed by atoms with Crippen LogP contribution in [-0.4, -0.2) is 29.1 Å². The highest BCUT2D eigenvalue weighted by Crippen LogP contribution is 2.57. The van der Waals surface area contributed by atoms with Crippen LogP contribution in [0.2, 0.25) is 0 Å². The zero-order chi connectivity index (χ0) is 20.6. The Hall–Kier alpha value is -2.45. The number of nitrogens with two attached hydrogens (primary N) is 1. The van der Waals surface area contributed by atoms with E-state index in [4.69, 9.17) is 10.5 Å². The van der Waals surface area contributed by atoms with Crippen LogP contribution >= 0.6 is 11.8 Å². The van der Waals surface area contributed by atoms with Crippen LogP contribution in [0.4, 0.5) is 8.78 Å². The molecule has 0 aliphatic carbocycles. The second kappa shape index (κ2) is 7.76. The van der Waals surface area contributed by atoms with Gasteiger partial charge in [-0.2, -0.15) is 5.10 Å². The lowest BCUT2D eigenvalue weighted by Gasteiger charge is -2.45. The maximum absolute atomic E-state index is 14.5. The molecule has 2 aliphatic heterocycles. The van der Waals surface area contributed by atoms with Crippen molar-refractivity contribution in [2.75, 3.05) is 13.2 Å². The second-order valence-electron chi connectivity index (χ2n) is 7.09. The van der Waals surface area contributed by atoms with Crippen LogP contribution < -0.4 is 10.5 Å². The number of halogens is 2. The van der Waals surface area contributed by atoms with Crippen LogP contribution in [0.5, 0.6) is 5.75 Å². The van der Waals surface area contributed by atoms with Crippen LogP contribution in [0.25, 0.3) is 0 Å². The minimum atomic E-state index is -0.899. The quantitative estimate of drug-likeness (QED) is 0.821. The first-order valence-corrected chi connectivity index (χ1v) is 10.2. The third-order valence-corrected chi connectivity index (χ3v) is 6.77. The molecule has 2 atom stereocenters. The van der Waals surface area contributed by atoms with Gasteiger partial charge in [-0.05, 0) is 43.7 Å². The number of ether oxygens (including phenoxy) is 1. The molecule has 0 aromatic heterocycles. The lowest BCUT2D eigenvalue weighted by molar-refractivity contribution is -0.134. The van der Waals surface area contributed by atoms with Gasteiger partial charge in [-0.25, -0.2) is 13.8 Å². The molecule has 5 nitrogen and oxygen atoms in total. The highest BCUT2D eigenvalue weighted by Gasteiger charge is 2.56. The molecule has 152 valence electrons. The maximum Gasteiger partial charge on any atom is 0.241 e. The van der Waals surface area contributed by atoms with Crippen LogP contribution in [-0.2, 0) is 9.67 Å². The van der Waals surface area contributed by atoms with Crippen molar-refractivity contribution in [2.24, 2.45) is 16.8 Å². The summed E-state index contributed by atoms with van der Waals surface area (Å²) >= 11 is 1.28. The summed E-state index contributed by atoms with van der Waals surface area (Å²) in [4.78, 5) is 11.8. The summed E-state index contributed by atoms with van der Waals surface area (Å²) in [5.41, 5.74) is 6.57. The monoisotopic (exact) mass is 417 g/mol. The Kier molecular flexibility index (Phi) is 5.31. The first kappa shape index (κ1) is 19.8. The topological polar surface area (TPSA) is 67.9 Å². The van der Waals surface area contributed by atoms with Crippen molar-refractivity contribution in [2.45, 2.75) is 24.6 Å². The second-order valence-corrected chi connectivity index (χ2v) is 8.31. The Morgan fingerprint density at radius 1 is 1.34 bits per heavy atom. The van der Waals surface area contributed by atoms with Crippen molar-refractivity contribution in [3.63, 3.8) is 0 Å². The van der Waals surface area contributed by atoms with Crippen molar-refractivity contribution >= 4 is 22.7 Å². The Balaban J connectivity index is 1.87. The Bertz CT molecular complexity index is 984. The van der Waals surface area contributed by atoms with Gasteiger partial charge in [-0.15, -0.1) is 0 Å². The molecule has 2 heterocycles. The fourth-order valence-electron chi connectivity index (χ4n) is 3.93. The number of hydrogen-bond donors (Lipinski definition) is 1. The van der Waals surface area contributed by atoms with E-state index < -0.39 is 16.5 Å². The van der Waals surface area contributed by atoms with Crippen LogP contribution in [0, 0.1) is 17.6 Å². The molecule has 2 aliphatic rings. The summed E-state index contributed by atoms with van der Waals surface area (Å²) < 4.78 is 34.3. The molecule has 29 heavy (non-hydrogen) atoms. The highest BCUT2D eigenvalue weighted by molar-refractivity contribution is 8.15. The first-order chi connectivity index (χ1) is 14.0. The van der Waals surface area contributed by atoms with Crippen molar-refractivity contribution in [1.29, 1.82) is 0 Å². The lowest BCUT2D eigenvalue weighted by atomic mass is 9.86. The molecule has 0 fully saturated rings. The Morgan fingerprint density at radius 3 is 2.90 bits per heavy atom. The van der Waals surface area contributed by atoms with Gasteiger partial charge < -0.3 is 10.5 Å². The lowest BCUT2D eigenvalue weighted by Crippen LogP contribution is -2.50. The van der Waals surface area contributed by atoms with Gasteiger partial charge >= 0.3 is 0 Å². The molecule has 8 heteroatoms. The molecule has 0 saturated heterocycles. The van der Waals surface area contributed by atoms with E-state index in [0.29, 0.717) is 25.3 Å². The third-order valence-electron chi connectivity index (χ3n) is 5.24. The van der Waals surface area contributed by atoms with E-state index in [1.54, 1.807) is 0 Å². The molecular weight excluding hydrogens is 396 g/mol. The van der Waals surface area contributed by atoms with Gasteiger partial charge in [0, 0.05) is 24.0 Å². The predicted molar refractivity (Wildman–Crippen MR) is 108 cm³/mol. The number of rotatable bonds is 4. The Morgan fingerprint density at radius 2 is 2.14 bits per heavy atom. The number of amides is 1. The molecule has 0 saturated carbocycles. The molecular formula is C21H21F2N3O2S. The summed E-state index contributed by atoms with van der Waals surface area (Å²) in [6.45, 7) is 2.31. The number of hydrogen-bond acceptors (Lipinski definition) is 5. The van der Waals surface area contributed by atoms with Crippen molar-refractivity contribution < 1.29 is 18.3 Å². The largest absolute Gasteiger partial charge is 0.493 e. The molecule has 1 amide bonds. The fourth-order valence-corrected chi connectivity index (χ4v) is 5.50. The van der Waals surface area contributed by atoms with Crippen molar-refractivity contribution in [3.05, 3.63) is 65.2 Å². The van der Waals surface area contributed by atoms with Crippen LogP contribution in [0.3, 0.4) is 0 Å². The normalized spacial score (nSPS) is 23.0. The minimum absolute atomic E-state index is 0.0414. The van der Waals surface area contributed by atoms with Gasteiger partial charge in [0.15, 0.2) is 4.87 Å². The summed E-state index contributed by atoms with van der Waals surface area (Å²) in [5.74, 6) is -0.887. The van der Waals surface area contributed by atoms with Crippen molar-refractivity contribution in [1.82, 2.24) is 5.01 Å². The van der Waals surface area contributed by atoms with Crippen LogP contribution in [0.15, 0.2) is 47.6 Å². The standard InChI is InChI=1S/C21H21F2N3O2S/c1-13(27)26-21(29-20(25-26)16-11-15(22)8-9-18(16)23)14(5-4-10-24)12-28-19-7-3-2-6-17(19)21/h2-3,6-9,11,14H,4-5,10,12,24H2,1H3/t14-,21+/m0/s1. The summed E-state index contributed by atoms with van der Waals surface area (Å²) in [5, 5.41) is 6.14. The summed E-state index contributed by atoms with van der Waals surface area (Å²) in [7, 11) is 0. The molecule has 0 radical (unpaired) electrons. The maximum atomic E-state index is 14.5. The molecule has 2 N–H and O–H groups in total.